The fraction of sp³-hybridized carbons (Fsp3) is 0.900. The molecule has 1 rings (SSSR count). The van der Waals surface area contributed by atoms with Crippen molar-refractivity contribution in [2.24, 2.45) is 0 Å². The first-order valence-corrected chi connectivity index (χ1v) is 5.56. The van der Waals surface area contributed by atoms with Crippen molar-refractivity contribution in [1.29, 1.82) is 0 Å². The summed E-state index contributed by atoms with van der Waals surface area (Å²) in [7, 11) is 0. The molecule has 0 spiro atoms. The Morgan fingerprint density at radius 1 is 1.43 bits per heavy atom. The van der Waals surface area contributed by atoms with Gasteiger partial charge in [-0.05, 0) is 6.42 Å². The van der Waals surface area contributed by atoms with Gasteiger partial charge < -0.3 is 10.6 Å². The summed E-state index contributed by atoms with van der Waals surface area (Å²) in [4.78, 5) is 11.4. The summed E-state index contributed by atoms with van der Waals surface area (Å²) in [5, 5.41) is 9.44. The maximum Gasteiger partial charge on any atom is 0.221 e. The molecule has 1 saturated heterocycles. The van der Waals surface area contributed by atoms with Crippen LogP contribution in [0.5, 0.6) is 0 Å². The van der Waals surface area contributed by atoms with Crippen molar-refractivity contribution in [3.8, 4) is 0 Å². The third kappa shape index (κ3) is 4.58. The lowest BCUT2D eigenvalue weighted by Gasteiger charge is -2.25. The minimum absolute atomic E-state index is 0.123. The van der Waals surface area contributed by atoms with Crippen LogP contribution in [0, 0.1) is 0 Å². The van der Waals surface area contributed by atoms with Crippen LogP contribution in [-0.4, -0.2) is 31.7 Å². The molecule has 0 aromatic heterocycles. The number of carbonyl (C=O) groups excluding carboxylic acids is 1. The first-order chi connectivity index (χ1) is 6.83. The second-order valence-electron chi connectivity index (χ2n) is 3.74. The van der Waals surface area contributed by atoms with Gasteiger partial charge in [0.05, 0.1) is 6.17 Å². The van der Waals surface area contributed by atoms with Crippen LogP contribution in [-0.2, 0) is 4.79 Å². The normalized spacial score (nSPS) is 21.9. The molecule has 1 heterocycles. The predicted molar refractivity (Wildman–Crippen MR) is 56.9 cm³/mol. The van der Waals surface area contributed by atoms with Gasteiger partial charge in [0.1, 0.15) is 0 Å². The molecule has 0 aromatic rings. The standard InChI is InChI=1S/C10H21N3O/c1-2-3-4-5-10(14)13-9-8-11-6-7-12-9/h9,11-12H,2-8H2,1H3,(H,13,14). The van der Waals surface area contributed by atoms with E-state index in [1.165, 1.54) is 0 Å². The average Bonchev–Trinajstić information content (AvgIpc) is 2.20. The first kappa shape index (κ1) is 11.5. The van der Waals surface area contributed by atoms with Gasteiger partial charge in [0.2, 0.25) is 5.91 Å². The predicted octanol–water partition coefficient (Wildman–Crippen LogP) is 0.202. The highest BCUT2D eigenvalue weighted by Gasteiger charge is 2.13. The Kier molecular flexibility index (Phi) is 5.56. The second-order valence-corrected chi connectivity index (χ2v) is 3.74. The number of amides is 1. The maximum atomic E-state index is 11.4. The molecule has 1 aliphatic rings. The van der Waals surface area contributed by atoms with Crippen LogP contribution in [0.3, 0.4) is 0 Å². The molecule has 0 radical (unpaired) electrons. The van der Waals surface area contributed by atoms with Crippen LogP contribution in [0.25, 0.3) is 0 Å². The van der Waals surface area contributed by atoms with Gasteiger partial charge >= 0.3 is 0 Å². The fourth-order valence-corrected chi connectivity index (χ4v) is 1.56. The van der Waals surface area contributed by atoms with E-state index in [1.54, 1.807) is 0 Å². The third-order valence-corrected chi connectivity index (χ3v) is 2.38. The summed E-state index contributed by atoms with van der Waals surface area (Å²) >= 11 is 0. The lowest BCUT2D eigenvalue weighted by Crippen LogP contribution is -2.56. The molecule has 14 heavy (non-hydrogen) atoms. The number of hydrogen-bond acceptors (Lipinski definition) is 3. The van der Waals surface area contributed by atoms with Crippen molar-refractivity contribution in [3.05, 3.63) is 0 Å². The van der Waals surface area contributed by atoms with Gasteiger partial charge in [-0.25, -0.2) is 0 Å². The number of hydrogen-bond donors (Lipinski definition) is 3. The van der Waals surface area contributed by atoms with Crippen molar-refractivity contribution in [2.75, 3.05) is 19.6 Å². The smallest absolute Gasteiger partial charge is 0.221 e. The highest BCUT2D eigenvalue weighted by molar-refractivity contribution is 5.76. The number of unbranched alkanes of at least 4 members (excludes halogenated alkanes) is 2. The maximum absolute atomic E-state index is 11.4. The topological polar surface area (TPSA) is 53.2 Å². The van der Waals surface area contributed by atoms with E-state index in [2.05, 4.69) is 22.9 Å². The van der Waals surface area contributed by atoms with Gasteiger partial charge in [0.25, 0.3) is 0 Å². The zero-order valence-electron chi connectivity index (χ0n) is 8.94. The summed E-state index contributed by atoms with van der Waals surface area (Å²) in [6, 6.07) is 0. The molecule has 1 aliphatic heterocycles. The van der Waals surface area contributed by atoms with Crippen LogP contribution in [0.2, 0.25) is 0 Å². The van der Waals surface area contributed by atoms with Crippen LogP contribution in [0.1, 0.15) is 32.6 Å². The monoisotopic (exact) mass is 199 g/mol. The molecular weight excluding hydrogens is 178 g/mol. The van der Waals surface area contributed by atoms with E-state index in [9.17, 15) is 4.79 Å². The zero-order chi connectivity index (χ0) is 10.2. The van der Waals surface area contributed by atoms with Gasteiger partial charge in [-0.1, -0.05) is 19.8 Å². The molecule has 1 atom stereocenters. The molecule has 0 saturated carbocycles. The molecular formula is C10H21N3O. The number of piperazine rings is 1. The van der Waals surface area contributed by atoms with Gasteiger partial charge in [-0.2, -0.15) is 0 Å². The van der Waals surface area contributed by atoms with E-state index in [0.717, 1.165) is 38.9 Å². The summed E-state index contributed by atoms with van der Waals surface area (Å²) in [6.45, 7) is 4.89. The van der Waals surface area contributed by atoms with E-state index in [-0.39, 0.29) is 12.1 Å². The molecule has 3 N–H and O–H groups in total. The van der Waals surface area contributed by atoms with Crippen molar-refractivity contribution < 1.29 is 4.79 Å². The number of carbonyl (C=O) groups is 1. The van der Waals surface area contributed by atoms with Crippen molar-refractivity contribution >= 4 is 5.91 Å². The van der Waals surface area contributed by atoms with E-state index < -0.39 is 0 Å². The van der Waals surface area contributed by atoms with E-state index in [4.69, 9.17) is 0 Å². The highest BCUT2D eigenvalue weighted by atomic mass is 16.1. The van der Waals surface area contributed by atoms with E-state index in [1.807, 2.05) is 0 Å². The Hall–Kier alpha value is -0.610. The van der Waals surface area contributed by atoms with Crippen LogP contribution >= 0.6 is 0 Å². The summed E-state index contributed by atoms with van der Waals surface area (Å²) < 4.78 is 0. The van der Waals surface area contributed by atoms with Crippen LogP contribution < -0.4 is 16.0 Å². The van der Waals surface area contributed by atoms with Crippen LogP contribution in [0.4, 0.5) is 0 Å². The minimum atomic E-state index is 0.123. The molecule has 1 fully saturated rings. The molecule has 82 valence electrons. The third-order valence-electron chi connectivity index (χ3n) is 2.38. The molecule has 0 aliphatic carbocycles. The van der Waals surface area contributed by atoms with Gasteiger partial charge in [-0.3, -0.25) is 10.1 Å². The number of nitrogens with one attached hydrogen (secondary N) is 3. The SMILES string of the molecule is CCCCCC(=O)NC1CNCCN1. The molecule has 1 unspecified atom stereocenters. The zero-order valence-corrected chi connectivity index (χ0v) is 8.94. The molecule has 1 amide bonds. The Labute approximate surface area is 85.8 Å². The Morgan fingerprint density at radius 2 is 2.29 bits per heavy atom. The quantitative estimate of drug-likeness (QED) is 0.555. The van der Waals surface area contributed by atoms with Gasteiger partial charge in [0, 0.05) is 26.1 Å². The lowest BCUT2D eigenvalue weighted by molar-refractivity contribution is -0.122. The molecule has 4 heteroatoms. The second kappa shape index (κ2) is 6.79. The summed E-state index contributed by atoms with van der Waals surface area (Å²) in [6.07, 6.45) is 4.09. The lowest BCUT2D eigenvalue weighted by atomic mass is 10.2. The Bertz CT molecular complexity index is 167. The first-order valence-electron chi connectivity index (χ1n) is 5.56. The van der Waals surface area contributed by atoms with Crippen molar-refractivity contribution in [2.45, 2.75) is 38.8 Å². The Morgan fingerprint density at radius 3 is 2.93 bits per heavy atom. The average molecular weight is 199 g/mol. The molecule has 0 bridgehead atoms. The van der Waals surface area contributed by atoms with Gasteiger partial charge in [-0.15, -0.1) is 0 Å². The summed E-state index contributed by atoms with van der Waals surface area (Å²) in [5.74, 6) is 0.166. The molecule has 4 nitrogen and oxygen atoms in total. The van der Waals surface area contributed by atoms with E-state index in [0.29, 0.717) is 6.42 Å². The van der Waals surface area contributed by atoms with Gasteiger partial charge in [0.15, 0.2) is 0 Å². The highest BCUT2D eigenvalue weighted by Crippen LogP contribution is 1.98. The van der Waals surface area contributed by atoms with E-state index >= 15 is 0 Å². The minimum Gasteiger partial charge on any atom is -0.339 e. The van der Waals surface area contributed by atoms with Crippen molar-refractivity contribution in [3.63, 3.8) is 0 Å². The Balaban J connectivity index is 2.06. The summed E-state index contributed by atoms with van der Waals surface area (Å²) in [5.41, 5.74) is 0. The van der Waals surface area contributed by atoms with Crippen molar-refractivity contribution in [1.82, 2.24) is 16.0 Å². The number of rotatable bonds is 5. The largest absolute Gasteiger partial charge is 0.339 e. The fourth-order valence-electron chi connectivity index (χ4n) is 1.56. The van der Waals surface area contributed by atoms with Crippen LogP contribution in [0.15, 0.2) is 0 Å². The molecule has 0 aromatic carbocycles.